The Morgan fingerprint density at radius 3 is 2.59 bits per heavy atom. The van der Waals surface area contributed by atoms with Gasteiger partial charge in [0.2, 0.25) is 5.91 Å². The second kappa shape index (κ2) is 4.43. The summed E-state index contributed by atoms with van der Waals surface area (Å²) in [5.74, 6) is -1.37. The lowest BCUT2D eigenvalue weighted by Crippen LogP contribution is -2.62. The summed E-state index contributed by atoms with van der Waals surface area (Å²) in [5, 5.41) is 11.7. The molecule has 0 aromatic rings. The first kappa shape index (κ1) is 14.2. The van der Waals surface area contributed by atoms with Gasteiger partial charge in [0.05, 0.1) is 6.61 Å². The maximum Gasteiger partial charge on any atom is 0.415 e. The number of carbonyl (C=O) groups is 1. The van der Waals surface area contributed by atoms with Crippen LogP contribution in [-0.2, 0) is 9.53 Å². The van der Waals surface area contributed by atoms with Crippen molar-refractivity contribution in [2.24, 2.45) is 5.73 Å². The lowest BCUT2D eigenvalue weighted by atomic mass is 10.00. The third kappa shape index (κ3) is 3.08. The zero-order chi connectivity index (χ0) is 13.3. The van der Waals surface area contributed by atoms with Crippen molar-refractivity contribution < 1.29 is 27.8 Å². The molecule has 1 aliphatic heterocycles. The zero-order valence-electron chi connectivity index (χ0n) is 9.30. The molecule has 2 unspecified atom stereocenters. The van der Waals surface area contributed by atoms with E-state index in [4.69, 9.17) is 10.5 Å². The molecule has 0 saturated carbocycles. The summed E-state index contributed by atoms with van der Waals surface area (Å²) in [6.07, 6.45) is -4.58. The lowest BCUT2D eigenvalue weighted by Gasteiger charge is -2.28. The molecule has 1 rings (SSSR count). The molecule has 2 atom stereocenters. The average molecular weight is 256 g/mol. The molecule has 1 amide bonds. The van der Waals surface area contributed by atoms with Crippen molar-refractivity contribution in [2.45, 2.75) is 30.7 Å². The smallest absolute Gasteiger partial charge is 0.386 e. The Kier molecular flexibility index (Phi) is 3.70. The van der Waals surface area contributed by atoms with Crippen molar-refractivity contribution in [3.05, 3.63) is 0 Å². The zero-order valence-corrected chi connectivity index (χ0v) is 9.30. The predicted molar refractivity (Wildman–Crippen MR) is 52.0 cm³/mol. The fourth-order valence-electron chi connectivity index (χ4n) is 1.29. The molecule has 17 heavy (non-hydrogen) atoms. The molecular formula is C9H15F3N2O3. The topological polar surface area (TPSA) is 84.6 Å². The molecule has 0 bridgehead atoms. The highest BCUT2D eigenvalue weighted by molar-refractivity contribution is 5.86. The van der Waals surface area contributed by atoms with Gasteiger partial charge in [-0.15, -0.1) is 0 Å². The van der Waals surface area contributed by atoms with Crippen molar-refractivity contribution in [3.63, 3.8) is 0 Å². The minimum atomic E-state index is -4.84. The van der Waals surface area contributed by atoms with Gasteiger partial charge in [-0.05, 0) is 6.92 Å². The first-order valence-electron chi connectivity index (χ1n) is 5.02. The monoisotopic (exact) mass is 256 g/mol. The number of nitrogens with one attached hydrogen (secondary N) is 1. The number of nitrogens with two attached hydrogens (primary N) is 1. The highest BCUT2D eigenvalue weighted by Gasteiger charge is 2.54. The molecular weight excluding hydrogens is 241 g/mol. The quantitative estimate of drug-likeness (QED) is 0.637. The molecule has 0 spiro atoms. The minimum Gasteiger partial charge on any atom is -0.386 e. The Bertz CT molecular complexity index is 298. The number of alkyl halides is 3. The predicted octanol–water partition coefficient (Wildman–Crippen LogP) is -0.466. The van der Waals surface area contributed by atoms with Crippen LogP contribution >= 0.6 is 0 Å². The molecule has 5 nitrogen and oxygen atoms in total. The number of carbonyl (C=O) groups excluding carboxylic acids is 1. The minimum absolute atomic E-state index is 0.0133. The molecule has 1 aliphatic rings. The van der Waals surface area contributed by atoms with Gasteiger partial charge in [0.1, 0.15) is 5.60 Å². The average Bonchev–Trinajstić information content (AvgIpc) is 2.60. The number of rotatable bonds is 3. The van der Waals surface area contributed by atoms with Crippen molar-refractivity contribution >= 4 is 5.91 Å². The van der Waals surface area contributed by atoms with E-state index in [0.29, 0.717) is 13.5 Å². The largest absolute Gasteiger partial charge is 0.415 e. The van der Waals surface area contributed by atoms with Crippen LogP contribution in [0.2, 0.25) is 0 Å². The van der Waals surface area contributed by atoms with Crippen LogP contribution in [0, 0.1) is 0 Å². The van der Waals surface area contributed by atoms with E-state index in [0.717, 1.165) is 0 Å². The molecule has 0 radical (unpaired) electrons. The summed E-state index contributed by atoms with van der Waals surface area (Å²) in [4.78, 5) is 11.3. The van der Waals surface area contributed by atoms with E-state index in [2.05, 4.69) is 0 Å². The molecule has 8 heteroatoms. The Balaban J connectivity index is 2.55. The molecule has 4 N–H and O–H groups in total. The SMILES string of the molecule is CC(N)(C(=O)NCC1(O)CCOC1)C(F)(F)F. The fourth-order valence-corrected chi connectivity index (χ4v) is 1.29. The Morgan fingerprint density at radius 2 is 2.18 bits per heavy atom. The van der Waals surface area contributed by atoms with Crippen molar-refractivity contribution in [1.29, 1.82) is 0 Å². The number of hydrogen-bond acceptors (Lipinski definition) is 4. The highest BCUT2D eigenvalue weighted by atomic mass is 19.4. The molecule has 1 saturated heterocycles. The summed E-state index contributed by atoms with van der Waals surface area (Å²) in [6.45, 7) is 0.568. The molecule has 1 heterocycles. The van der Waals surface area contributed by atoms with E-state index in [1.807, 2.05) is 5.32 Å². The highest BCUT2D eigenvalue weighted by Crippen LogP contribution is 2.28. The third-order valence-corrected chi connectivity index (χ3v) is 2.72. The molecule has 0 aromatic carbocycles. The molecule has 0 aliphatic carbocycles. The van der Waals surface area contributed by atoms with Gasteiger partial charge in [-0.2, -0.15) is 13.2 Å². The Labute approximate surface area is 96.1 Å². The second-order valence-corrected chi connectivity index (χ2v) is 4.41. The third-order valence-electron chi connectivity index (χ3n) is 2.72. The van der Waals surface area contributed by atoms with Gasteiger partial charge < -0.3 is 20.9 Å². The molecule has 1 fully saturated rings. The van der Waals surface area contributed by atoms with Crippen LogP contribution in [0.5, 0.6) is 0 Å². The maximum atomic E-state index is 12.4. The van der Waals surface area contributed by atoms with Gasteiger partial charge in [-0.25, -0.2) is 0 Å². The van der Waals surface area contributed by atoms with E-state index < -0.39 is 23.2 Å². The Hall–Kier alpha value is -0.860. The van der Waals surface area contributed by atoms with E-state index >= 15 is 0 Å². The fraction of sp³-hybridized carbons (Fsp3) is 0.889. The van der Waals surface area contributed by atoms with Crippen LogP contribution < -0.4 is 11.1 Å². The summed E-state index contributed by atoms with van der Waals surface area (Å²) in [6, 6.07) is 0. The van der Waals surface area contributed by atoms with Crippen LogP contribution in [0.4, 0.5) is 13.2 Å². The number of hydrogen-bond donors (Lipinski definition) is 3. The summed E-state index contributed by atoms with van der Waals surface area (Å²) in [5.41, 5.74) is 0.638. The van der Waals surface area contributed by atoms with Crippen LogP contribution in [0.25, 0.3) is 0 Å². The number of ether oxygens (including phenoxy) is 1. The van der Waals surface area contributed by atoms with E-state index in [1.54, 1.807) is 0 Å². The van der Waals surface area contributed by atoms with Crippen molar-refractivity contribution in [2.75, 3.05) is 19.8 Å². The maximum absolute atomic E-state index is 12.4. The van der Waals surface area contributed by atoms with Gasteiger partial charge in [0.15, 0.2) is 5.54 Å². The van der Waals surface area contributed by atoms with Crippen LogP contribution in [0.15, 0.2) is 0 Å². The Morgan fingerprint density at radius 1 is 1.59 bits per heavy atom. The van der Waals surface area contributed by atoms with E-state index in [-0.39, 0.29) is 19.6 Å². The lowest BCUT2D eigenvalue weighted by molar-refractivity contribution is -0.187. The van der Waals surface area contributed by atoms with Crippen LogP contribution in [-0.4, -0.2) is 48.1 Å². The van der Waals surface area contributed by atoms with Gasteiger partial charge in [-0.1, -0.05) is 0 Å². The van der Waals surface area contributed by atoms with Crippen LogP contribution in [0.1, 0.15) is 13.3 Å². The first-order valence-corrected chi connectivity index (χ1v) is 5.02. The van der Waals surface area contributed by atoms with Crippen LogP contribution in [0.3, 0.4) is 0 Å². The number of aliphatic hydroxyl groups is 1. The standard InChI is InChI=1S/C9H15F3N2O3/c1-7(13,9(10,11)12)6(15)14-4-8(16)2-3-17-5-8/h16H,2-5,13H2,1H3,(H,14,15). The number of amides is 1. The van der Waals surface area contributed by atoms with Crippen molar-refractivity contribution in [3.8, 4) is 0 Å². The van der Waals surface area contributed by atoms with Gasteiger partial charge in [-0.3, -0.25) is 4.79 Å². The normalized spacial score (nSPS) is 28.8. The van der Waals surface area contributed by atoms with Gasteiger partial charge >= 0.3 is 6.18 Å². The first-order chi connectivity index (χ1) is 7.58. The van der Waals surface area contributed by atoms with Gasteiger partial charge in [0, 0.05) is 19.6 Å². The van der Waals surface area contributed by atoms with Crippen molar-refractivity contribution in [1.82, 2.24) is 5.32 Å². The summed E-state index contributed by atoms with van der Waals surface area (Å²) in [7, 11) is 0. The molecule has 0 aromatic heterocycles. The van der Waals surface area contributed by atoms with Gasteiger partial charge in [0.25, 0.3) is 0 Å². The molecule has 100 valence electrons. The number of halogens is 3. The second-order valence-electron chi connectivity index (χ2n) is 4.41. The van der Waals surface area contributed by atoms with E-state index in [9.17, 15) is 23.1 Å². The summed E-state index contributed by atoms with van der Waals surface area (Å²) >= 11 is 0. The van der Waals surface area contributed by atoms with E-state index in [1.165, 1.54) is 0 Å². The summed E-state index contributed by atoms with van der Waals surface area (Å²) < 4.78 is 42.1.